The van der Waals surface area contributed by atoms with Crippen LogP contribution in [0.5, 0.6) is 0 Å². The first-order chi connectivity index (χ1) is 17.1. The number of nitrogens with zero attached hydrogens (tertiary/aromatic N) is 2. The Bertz CT molecular complexity index is 1200. The molecule has 0 heterocycles. The Kier molecular flexibility index (Phi) is 10.9. The number of carbonyl (C=O) groups excluding carboxylic acids is 2. The average molecular weight is 571 g/mol. The predicted molar refractivity (Wildman–Crippen MR) is 152 cm³/mol. The number of amides is 2. The van der Waals surface area contributed by atoms with Gasteiger partial charge >= 0.3 is 0 Å². The fraction of sp³-hybridized carbons (Fsp3) is 0.481. The number of hydrogen-bond donors (Lipinski definition) is 1. The molecule has 2 amide bonds. The van der Waals surface area contributed by atoms with Gasteiger partial charge in [-0.25, -0.2) is 8.42 Å². The van der Waals surface area contributed by atoms with Gasteiger partial charge in [0.25, 0.3) is 0 Å². The summed E-state index contributed by atoms with van der Waals surface area (Å²) in [4.78, 5) is 27.8. The van der Waals surface area contributed by atoms with Crippen LogP contribution in [0.3, 0.4) is 0 Å². The van der Waals surface area contributed by atoms with Crippen molar-refractivity contribution in [2.45, 2.75) is 72.0 Å². The molecule has 0 spiro atoms. The van der Waals surface area contributed by atoms with Gasteiger partial charge in [-0.05, 0) is 75.9 Å². The molecule has 0 saturated heterocycles. The molecule has 10 heteroatoms. The third kappa shape index (κ3) is 9.51. The van der Waals surface area contributed by atoms with Gasteiger partial charge < -0.3 is 10.2 Å². The molecular weight excluding hydrogens is 533 g/mol. The molecule has 1 N–H and O–H groups in total. The van der Waals surface area contributed by atoms with Crippen molar-refractivity contribution in [3.63, 3.8) is 0 Å². The fourth-order valence-corrected chi connectivity index (χ4v) is 5.08. The Hall–Kier alpha value is -2.29. The van der Waals surface area contributed by atoms with Gasteiger partial charge in [-0.3, -0.25) is 13.9 Å². The number of benzene rings is 2. The van der Waals surface area contributed by atoms with Crippen LogP contribution in [-0.4, -0.2) is 49.5 Å². The summed E-state index contributed by atoms with van der Waals surface area (Å²) in [5, 5.41) is 3.67. The van der Waals surface area contributed by atoms with Gasteiger partial charge in [-0.2, -0.15) is 0 Å². The van der Waals surface area contributed by atoms with Gasteiger partial charge in [0.15, 0.2) is 0 Å². The SMILES string of the molecule is CCc1ccc(N(CCCC(=O)N(Cc2ccc(Cl)c(Cl)c2)[C@@H](C)C(=O)NC(C)(C)C)S(C)(=O)=O)cc1. The van der Waals surface area contributed by atoms with Crippen LogP contribution in [0.25, 0.3) is 0 Å². The summed E-state index contributed by atoms with van der Waals surface area (Å²) in [6.45, 7) is 9.61. The molecule has 7 nitrogen and oxygen atoms in total. The van der Waals surface area contributed by atoms with Gasteiger partial charge in [-0.1, -0.05) is 48.3 Å². The zero-order chi connectivity index (χ0) is 28.0. The lowest BCUT2D eigenvalue weighted by atomic mass is 10.1. The lowest BCUT2D eigenvalue weighted by Crippen LogP contribution is -2.52. The molecule has 0 radical (unpaired) electrons. The summed E-state index contributed by atoms with van der Waals surface area (Å²) < 4.78 is 26.3. The minimum absolute atomic E-state index is 0.0630. The molecule has 0 aliphatic carbocycles. The lowest BCUT2D eigenvalue weighted by molar-refractivity contribution is -0.141. The third-order valence-corrected chi connectivity index (χ3v) is 7.72. The van der Waals surface area contributed by atoms with E-state index in [-0.39, 0.29) is 37.7 Å². The highest BCUT2D eigenvalue weighted by Gasteiger charge is 2.28. The highest BCUT2D eigenvalue weighted by Crippen LogP contribution is 2.24. The first-order valence-electron chi connectivity index (χ1n) is 12.2. The van der Waals surface area contributed by atoms with E-state index in [2.05, 4.69) is 5.32 Å². The monoisotopic (exact) mass is 569 g/mol. The average Bonchev–Trinajstić information content (AvgIpc) is 2.80. The van der Waals surface area contributed by atoms with Crippen molar-refractivity contribution in [1.29, 1.82) is 0 Å². The van der Waals surface area contributed by atoms with Crippen molar-refractivity contribution in [3.05, 3.63) is 63.6 Å². The zero-order valence-electron chi connectivity index (χ0n) is 22.3. The molecule has 0 fully saturated rings. The van der Waals surface area contributed by atoms with Gasteiger partial charge in [0.05, 0.1) is 22.0 Å². The normalized spacial score (nSPS) is 12.6. The second-order valence-corrected chi connectivity index (χ2v) is 12.9. The molecule has 0 unspecified atom stereocenters. The standard InChI is InChI=1S/C27H37Cl2N3O4S/c1-7-20-10-13-22(14-11-20)32(37(6,35)36)16-8-9-25(33)31(19(2)26(34)30-27(3,4)5)18-21-12-15-23(28)24(29)17-21/h10-15,17,19H,7-9,16,18H2,1-6H3,(H,30,34)/t19-/m0/s1. The van der Waals surface area contributed by atoms with E-state index in [1.54, 1.807) is 37.3 Å². The quantitative estimate of drug-likeness (QED) is 0.390. The molecule has 0 saturated carbocycles. The van der Waals surface area contributed by atoms with Crippen LogP contribution in [-0.2, 0) is 32.6 Å². The van der Waals surface area contributed by atoms with Gasteiger partial charge in [0, 0.05) is 25.0 Å². The summed E-state index contributed by atoms with van der Waals surface area (Å²) in [6, 6.07) is 11.7. The maximum Gasteiger partial charge on any atom is 0.242 e. The van der Waals surface area contributed by atoms with E-state index in [4.69, 9.17) is 23.2 Å². The Morgan fingerprint density at radius 2 is 1.59 bits per heavy atom. The number of nitrogens with one attached hydrogen (secondary N) is 1. The van der Waals surface area contributed by atoms with Crippen molar-refractivity contribution < 1.29 is 18.0 Å². The highest BCUT2D eigenvalue weighted by molar-refractivity contribution is 7.92. The Balaban J connectivity index is 2.21. The number of hydrogen-bond acceptors (Lipinski definition) is 4. The highest BCUT2D eigenvalue weighted by atomic mass is 35.5. The summed E-state index contributed by atoms with van der Waals surface area (Å²) in [6.07, 6.45) is 2.35. The molecule has 0 bridgehead atoms. The maximum absolute atomic E-state index is 13.4. The smallest absolute Gasteiger partial charge is 0.242 e. The molecule has 1 atom stereocenters. The first kappa shape index (κ1) is 30.9. The molecule has 2 rings (SSSR count). The second-order valence-electron chi connectivity index (χ2n) is 10.1. The molecule has 0 aromatic heterocycles. The van der Waals surface area contributed by atoms with Crippen molar-refractivity contribution in [3.8, 4) is 0 Å². The van der Waals surface area contributed by atoms with Crippen molar-refractivity contribution in [1.82, 2.24) is 10.2 Å². The summed E-state index contributed by atoms with van der Waals surface area (Å²) in [5.41, 5.74) is 1.92. The second kappa shape index (κ2) is 13.0. The van der Waals surface area contributed by atoms with E-state index in [1.165, 1.54) is 9.21 Å². The van der Waals surface area contributed by atoms with Crippen LogP contribution in [0.2, 0.25) is 10.0 Å². The van der Waals surface area contributed by atoms with Crippen LogP contribution < -0.4 is 9.62 Å². The summed E-state index contributed by atoms with van der Waals surface area (Å²) >= 11 is 12.2. The zero-order valence-corrected chi connectivity index (χ0v) is 24.7. The number of aryl methyl sites for hydroxylation is 1. The van der Waals surface area contributed by atoms with E-state index in [9.17, 15) is 18.0 Å². The van der Waals surface area contributed by atoms with Crippen LogP contribution in [0.15, 0.2) is 42.5 Å². The number of halogens is 2. The third-order valence-electron chi connectivity index (χ3n) is 5.79. The van der Waals surface area contributed by atoms with Crippen LogP contribution >= 0.6 is 23.2 Å². The molecule has 2 aromatic rings. The Morgan fingerprint density at radius 1 is 1.00 bits per heavy atom. The van der Waals surface area contributed by atoms with Gasteiger partial charge in [0.1, 0.15) is 6.04 Å². The topological polar surface area (TPSA) is 86.8 Å². The van der Waals surface area contributed by atoms with E-state index in [0.29, 0.717) is 15.7 Å². The predicted octanol–water partition coefficient (Wildman–Crippen LogP) is 5.43. The van der Waals surface area contributed by atoms with Crippen LogP contribution in [0.4, 0.5) is 5.69 Å². The molecule has 0 aliphatic rings. The van der Waals surface area contributed by atoms with E-state index < -0.39 is 21.6 Å². The minimum Gasteiger partial charge on any atom is -0.350 e. The lowest BCUT2D eigenvalue weighted by Gasteiger charge is -2.32. The molecule has 0 aliphatic heterocycles. The maximum atomic E-state index is 13.4. The van der Waals surface area contributed by atoms with Crippen molar-refractivity contribution >= 4 is 50.7 Å². The number of sulfonamides is 1. The number of anilines is 1. The summed E-state index contributed by atoms with van der Waals surface area (Å²) in [5.74, 6) is -0.549. The van der Waals surface area contributed by atoms with E-state index >= 15 is 0 Å². The molecule has 2 aromatic carbocycles. The molecule has 204 valence electrons. The van der Waals surface area contributed by atoms with Gasteiger partial charge in [-0.15, -0.1) is 0 Å². The Morgan fingerprint density at radius 3 is 2.11 bits per heavy atom. The number of carbonyl (C=O) groups is 2. The first-order valence-corrected chi connectivity index (χ1v) is 14.8. The fourth-order valence-electron chi connectivity index (χ4n) is 3.79. The Labute approximate surface area is 231 Å². The van der Waals surface area contributed by atoms with E-state index in [0.717, 1.165) is 23.8 Å². The molecular formula is C27H37Cl2N3O4S. The molecule has 37 heavy (non-hydrogen) atoms. The van der Waals surface area contributed by atoms with Crippen LogP contribution in [0, 0.1) is 0 Å². The van der Waals surface area contributed by atoms with Gasteiger partial charge in [0.2, 0.25) is 21.8 Å². The summed E-state index contributed by atoms with van der Waals surface area (Å²) in [7, 11) is -3.55. The largest absolute Gasteiger partial charge is 0.350 e. The van der Waals surface area contributed by atoms with Crippen LogP contribution in [0.1, 0.15) is 58.6 Å². The van der Waals surface area contributed by atoms with Crippen molar-refractivity contribution in [2.24, 2.45) is 0 Å². The van der Waals surface area contributed by atoms with Crippen molar-refractivity contribution in [2.75, 3.05) is 17.1 Å². The number of rotatable bonds is 11. The minimum atomic E-state index is -3.55. The van der Waals surface area contributed by atoms with E-state index in [1.807, 2.05) is 39.8 Å².